The fourth-order valence-corrected chi connectivity index (χ4v) is 1.48. The van der Waals surface area contributed by atoms with Crippen molar-refractivity contribution in [2.75, 3.05) is 20.2 Å². The van der Waals surface area contributed by atoms with E-state index in [0.29, 0.717) is 25.1 Å². The predicted molar refractivity (Wildman–Crippen MR) is 62.5 cm³/mol. The first-order chi connectivity index (χ1) is 7.83. The van der Waals surface area contributed by atoms with Crippen LogP contribution in [0.15, 0.2) is 11.6 Å². The molecule has 0 N–H and O–H groups in total. The zero-order chi connectivity index (χ0) is 13.1. The number of rotatable bonds is 1. The van der Waals surface area contributed by atoms with Gasteiger partial charge in [0.2, 0.25) is 0 Å². The van der Waals surface area contributed by atoms with Gasteiger partial charge < -0.3 is 14.4 Å². The summed E-state index contributed by atoms with van der Waals surface area (Å²) in [5.41, 5.74) is 0.121. The van der Waals surface area contributed by atoms with Crippen LogP contribution in [0.4, 0.5) is 4.79 Å². The van der Waals surface area contributed by atoms with Crippen molar-refractivity contribution in [1.29, 1.82) is 0 Å². The minimum atomic E-state index is -0.497. The molecule has 0 aromatic heterocycles. The summed E-state index contributed by atoms with van der Waals surface area (Å²) in [6.45, 7) is 6.34. The maximum absolute atomic E-state index is 11.7. The normalized spacial score (nSPS) is 16.2. The van der Waals surface area contributed by atoms with Crippen molar-refractivity contribution < 1.29 is 19.1 Å². The molecule has 0 radical (unpaired) electrons. The molecule has 1 heterocycles. The standard InChI is InChI=1S/C12H19NO4/c1-12(2,3)17-11(15)13-7-5-9(6-8-13)10(14)16-4/h5H,6-8H2,1-4H3. The lowest BCUT2D eigenvalue weighted by Gasteiger charge is -2.29. The molecule has 1 aliphatic rings. The summed E-state index contributed by atoms with van der Waals surface area (Å²) in [4.78, 5) is 24.5. The van der Waals surface area contributed by atoms with E-state index in [4.69, 9.17) is 4.74 Å². The molecule has 1 aliphatic heterocycles. The highest BCUT2D eigenvalue weighted by atomic mass is 16.6. The van der Waals surface area contributed by atoms with Gasteiger partial charge in [-0.25, -0.2) is 9.59 Å². The second kappa shape index (κ2) is 5.21. The summed E-state index contributed by atoms with van der Waals surface area (Å²) in [7, 11) is 1.35. The number of carbonyl (C=O) groups excluding carboxylic acids is 2. The van der Waals surface area contributed by atoms with Gasteiger partial charge in [0.15, 0.2) is 0 Å². The van der Waals surface area contributed by atoms with Gasteiger partial charge in [0, 0.05) is 18.7 Å². The van der Waals surface area contributed by atoms with E-state index in [2.05, 4.69) is 4.74 Å². The Balaban J connectivity index is 2.54. The van der Waals surface area contributed by atoms with Crippen LogP contribution in [-0.4, -0.2) is 42.8 Å². The Kier molecular flexibility index (Phi) is 4.15. The van der Waals surface area contributed by atoms with Gasteiger partial charge in [-0.2, -0.15) is 0 Å². The van der Waals surface area contributed by atoms with E-state index < -0.39 is 5.60 Å². The van der Waals surface area contributed by atoms with Crippen LogP contribution >= 0.6 is 0 Å². The Labute approximate surface area is 101 Å². The number of esters is 1. The highest BCUT2D eigenvalue weighted by Crippen LogP contribution is 2.15. The average molecular weight is 241 g/mol. The molecule has 96 valence electrons. The Morgan fingerprint density at radius 3 is 2.41 bits per heavy atom. The number of carbonyl (C=O) groups is 2. The lowest BCUT2D eigenvalue weighted by atomic mass is 10.1. The Hall–Kier alpha value is -1.52. The van der Waals surface area contributed by atoms with E-state index in [1.165, 1.54) is 7.11 Å². The molecule has 5 heteroatoms. The third kappa shape index (κ3) is 4.09. The Morgan fingerprint density at radius 2 is 2.00 bits per heavy atom. The molecular weight excluding hydrogens is 222 g/mol. The molecule has 0 aromatic carbocycles. The smallest absolute Gasteiger partial charge is 0.410 e. The first kappa shape index (κ1) is 13.5. The van der Waals surface area contributed by atoms with Crippen molar-refractivity contribution >= 4 is 12.1 Å². The molecule has 0 fully saturated rings. The fourth-order valence-electron chi connectivity index (χ4n) is 1.48. The molecule has 0 atom stereocenters. The molecule has 17 heavy (non-hydrogen) atoms. The zero-order valence-electron chi connectivity index (χ0n) is 10.8. The molecule has 0 spiro atoms. The van der Waals surface area contributed by atoms with Crippen LogP contribution in [0.3, 0.4) is 0 Å². The second-order valence-corrected chi connectivity index (χ2v) is 4.90. The largest absolute Gasteiger partial charge is 0.466 e. The number of hydrogen-bond acceptors (Lipinski definition) is 4. The highest BCUT2D eigenvalue weighted by Gasteiger charge is 2.25. The number of methoxy groups -OCH3 is 1. The molecule has 1 rings (SSSR count). The van der Waals surface area contributed by atoms with Crippen molar-refractivity contribution in [1.82, 2.24) is 4.90 Å². The minimum Gasteiger partial charge on any atom is -0.466 e. The summed E-state index contributed by atoms with van der Waals surface area (Å²) in [6, 6.07) is 0. The summed E-state index contributed by atoms with van der Waals surface area (Å²) in [5.74, 6) is -0.325. The van der Waals surface area contributed by atoms with Crippen molar-refractivity contribution in [3.63, 3.8) is 0 Å². The van der Waals surface area contributed by atoms with E-state index in [1.54, 1.807) is 11.0 Å². The number of hydrogen-bond donors (Lipinski definition) is 0. The van der Waals surface area contributed by atoms with Crippen LogP contribution in [0.1, 0.15) is 27.2 Å². The summed E-state index contributed by atoms with van der Waals surface area (Å²) in [5, 5.41) is 0. The highest BCUT2D eigenvalue weighted by molar-refractivity contribution is 5.88. The molecule has 0 bridgehead atoms. The molecule has 0 saturated carbocycles. The molecule has 5 nitrogen and oxygen atoms in total. The van der Waals surface area contributed by atoms with Gasteiger partial charge in [-0.1, -0.05) is 6.08 Å². The summed E-state index contributed by atoms with van der Waals surface area (Å²) < 4.78 is 9.86. The van der Waals surface area contributed by atoms with Gasteiger partial charge in [-0.3, -0.25) is 0 Å². The summed E-state index contributed by atoms with van der Waals surface area (Å²) in [6.07, 6.45) is 1.86. The van der Waals surface area contributed by atoms with Crippen molar-refractivity contribution in [2.24, 2.45) is 0 Å². The quantitative estimate of drug-likeness (QED) is 0.656. The number of ether oxygens (including phenoxy) is 2. The minimum absolute atomic E-state index is 0.325. The molecule has 0 aromatic rings. The first-order valence-corrected chi connectivity index (χ1v) is 5.59. The summed E-state index contributed by atoms with van der Waals surface area (Å²) >= 11 is 0. The SMILES string of the molecule is COC(=O)C1=CCN(C(=O)OC(C)(C)C)CC1. The lowest BCUT2D eigenvalue weighted by Crippen LogP contribution is -2.39. The zero-order valence-corrected chi connectivity index (χ0v) is 10.8. The average Bonchev–Trinajstić information content (AvgIpc) is 2.26. The maximum atomic E-state index is 11.7. The number of nitrogens with zero attached hydrogens (tertiary/aromatic N) is 1. The number of amides is 1. The monoisotopic (exact) mass is 241 g/mol. The van der Waals surface area contributed by atoms with Crippen LogP contribution in [0, 0.1) is 0 Å². The van der Waals surface area contributed by atoms with Gasteiger partial charge in [0.05, 0.1) is 7.11 Å². The van der Waals surface area contributed by atoms with Crippen molar-refractivity contribution in [2.45, 2.75) is 32.8 Å². The van der Waals surface area contributed by atoms with Gasteiger partial charge in [0.25, 0.3) is 0 Å². The van der Waals surface area contributed by atoms with E-state index in [-0.39, 0.29) is 12.1 Å². The van der Waals surface area contributed by atoms with Crippen LogP contribution in [0.5, 0.6) is 0 Å². The molecule has 0 unspecified atom stereocenters. The van der Waals surface area contributed by atoms with Crippen LogP contribution in [0.25, 0.3) is 0 Å². The fraction of sp³-hybridized carbons (Fsp3) is 0.667. The van der Waals surface area contributed by atoms with Gasteiger partial charge in [-0.15, -0.1) is 0 Å². The molecule has 0 aliphatic carbocycles. The second-order valence-electron chi connectivity index (χ2n) is 4.90. The lowest BCUT2D eigenvalue weighted by molar-refractivity contribution is -0.136. The van der Waals surface area contributed by atoms with E-state index >= 15 is 0 Å². The Bertz CT molecular complexity index is 341. The third-order valence-electron chi connectivity index (χ3n) is 2.31. The third-order valence-corrected chi connectivity index (χ3v) is 2.31. The van der Waals surface area contributed by atoms with Crippen LogP contribution < -0.4 is 0 Å². The van der Waals surface area contributed by atoms with Crippen molar-refractivity contribution in [3.05, 3.63) is 11.6 Å². The van der Waals surface area contributed by atoms with Crippen LogP contribution in [-0.2, 0) is 14.3 Å². The van der Waals surface area contributed by atoms with Gasteiger partial charge >= 0.3 is 12.1 Å². The van der Waals surface area contributed by atoms with E-state index in [1.807, 2.05) is 20.8 Å². The maximum Gasteiger partial charge on any atom is 0.410 e. The van der Waals surface area contributed by atoms with E-state index in [0.717, 1.165) is 0 Å². The van der Waals surface area contributed by atoms with Crippen LogP contribution in [0.2, 0.25) is 0 Å². The first-order valence-electron chi connectivity index (χ1n) is 5.59. The molecule has 0 saturated heterocycles. The molecular formula is C12H19NO4. The van der Waals surface area contributed by atoms with E-state index in [9.17, 15) is 9.59 Å². The Morgan fingerprint density at radius 1 is 1.35 bits per heavy atom. The topological polar surface area (TPSA) is 55.8 Å². The van der Waals surface area contributed by atoms with Gasteiger partial charge in [-0.05, 0) is 27.2 Å². The molecule has 1 amide bonds. The van der Waals surface area contributed by atoms with Crippen molar-refractivity contribution in [3.8, 4) is 0 Å². The van der Waals surface area contributed by atoms with Gasteiger partial charge in [0.1, 0.15) is 5.60 Å². The predicted octanol–water partition coefficient (Wildman–Crippen LogP) is 1.73.